The molecule has 3 aromatic rings. The molecule has 2 amide bonds. The van der Waals surface area contributed by atoms with E-state index in [9.17, 15) is 4.79 Å². The van der Waals surface area contributed by atoms with E-state index in [-0.39, 0.29) is 0 Å². The zero-order chi connectivity index (χ0) is 18.6. The van der Waals surface area contributed by atoms with Gasteiger partial charge in [-0.3, -0.25) is 0 Å². The number of benzene rings is 3. The second-order valence-electron chi connectivity index (χ2n) is 5.93. The summed E-state index contributed by atoms with van der Waals surface area (Å²) in [5.41, 5.74) is 8.38. The van der Waals surface area contributed by atoms with Gasteiger partial charge < -0.3 is 10.6 Å². The van der Waals surface area contributed by atoms with Gasteiger partial charge in [-0.25, -0.2) is 4.79 Å². The van der Waals surface area contributed by atoms with Gasteiger partial charge in [0.1, 0.15) is 0 Å². The summed E-state index contributed by atoms with van der Waals surface area (Å²) in [6.45, 7) is 0.519. The molecule has 0 unspecified atom stereocenters. The second kappa shape index (κ2) is 7.55. The Balaban J connectivity index is 1.63. The number of fused-ring (bicyclic) bond motifs is 2. The fraction of sp³-hybridized carbons (Fsp3) is 0.0476. The Morgan fingerprint density at radius 3 is 2.07 bits per heavy atom. The molecule has 27 heavy (non-hydrogen) atoms. The zero-order valence-electron chi connectivity index (χ0n) is 14.5. The fourth-order valence-electron chi connectivity index (χ4n) is 3.00. The normalized spacial score (nSPS) is 12.5. The predicted octanol–water partition coefficient (Wildman–Crippen LogP) is 4.86. The highest BCUT2D eigenvalue weighted by molar-refractivity contribution is 7.99. The average molecular weight is 374 g/mol. The van der Waals surface area contributed by atoms with E-state index in [0.29, 0.717) is 12.2 Å². The SMILES string of the molecule is NC(=O)N(N=CCN1c2ccccc2Sc2ccccc21)c1ccccc1. The number of primary amides is 1. The van der Waals surface area contributed by atoms with Crippen molar-refractivity contribution in [3.05, 3.63) is 78.9 Å². The number of hydrogen-bond donors (Lipinski definition) is 1. The van der Waals surface area contributed by atoms with Crippen molar-refractivity contribution in [1.82, 2.24) is 0 Å². The van der Waals surface area contributed by atoms with Crippen molar-refractivity contribution >= 4 is 41.1 Å². The number of carbonyl (C=O) groups is 1. The summed E-state index contributed by atoms with van der Waals surface area (Å²) in [5, 5.41) is 5.52. The summed E-state index contributed by atoms with van der Waals surface area (Å²) in [6.07, 6.45) is 1.71. The maximum absolute atomic E-state index is 11.8. The van der Waals surface area contributed by atoms with E-state index in [2.05, 4.69) is 34.3 Å². The molecule has 0 spiro atoms. The number of nitrogens with two attached hydrogens (primary N) is 1. The van der Waals surface area contributed by atoms with E-state index in [0.717, 1.165) is 11.4 Å². The van der Waals surface area contributed by atoms with Crippen molar-refractivity contribution in [1.29, 1.82) is 0 Å². The number of para-hydroxylation sites is 3. The van der Waals surface area contributed by atoms with Gasteiger partial charge in [-0.2, -0.15) is 10.1 Å². The largest absolute Gasteiger partial charge is 0.350 e. The minimum atomic E-state index is -0.618. The molecule has 0 radical (unpaired) electrons. The number of hydrogen-bond acceptors (Lipinski definition) is 4. The van der Waals surface area contributed by atoms with Crippen LogP contribution in [-0.4, -0.2) is 18.8 Å². The third-order valence-electron chi connectivity index (χ3n) is 4.20. The van der Waals surface area contributed by atoms with Gasteiger partial charge in [-0.05, 0) is 36.4 Å². The first-order valence-electron chi connectivity index (χ1n) is 8.54. The molecule has 6 heteroatoms. The lowest BCUT2D eigenvalue weighted by Gasteiger charge is -2.31. The van der Waals surface area contributed by atoms with Crippen molar-refractivity contribution in [3.8, 4) is 0 Å². The molecule has 1 aliphatic rings. The number of nitrogens with zero attached hydrogens (tertiary/aromatic N) is 3. The molecule has 0 aromatic heterocycles. The molecule has 0 bridgehead atoms. The van der Waals surface area contributed by atoms with Crippen molar-refractivity contribution in [2.75, 3.05) is 16.5 Å². The average Bonchev–Trinajstić information content (AvgIpc) is 2.70. The molecule has 3 aromatic carbocycles. The van der Waals surface area contributed by atoms with Crippen LogP contribution in [0.2, 0.25) is 0 Å². The molecular formula is C21H18N4OS. The molecule has 1 aliphatic heterocycles. The molecule has 1 heterocycles. The van der Waals surface area contributed by atoms with E-state index in [4.69, 9.17) is 5.73 Å². The molecule has 4 rings (SSSR count). The Morgan fingerprint density at radius 1 is 0.926 bits per heavy atom. The Morgan fingerprint density at radius 2 is 1.48 bits per heavy atom. The van der Waals surface area contributed by atoms with Crippen LogP contribution in [0.15, 0.2) is 93.8 Å². The predicted molar refractivity (Wildman–Crippen MR) is 111 cm³/mol. The highest BCUT2D eigenvalue weighted by Gasteiger charge is 2.22. The van der Waals surface area contributed by atoms with Gasteiger partial charge in [-0.1, -0.05) is 54.2 Å². The lowest BCUT2D eigenvalue weighted by atomic mass is 10.2. The first-order chi connectivity index (χ1) is 13.2. The summed E-state index contributed by atoms with van der Waals surface area (Å²) >= 11 is 1.76. The monoisotopic (exact) mass is 374 g/mol. The van der Waals surface area contributed by atoms with Crippen molar-refractivity contribution in [3.63, 3.8) is 0 Å². The standard InChI is InChI=1S/C21H18N4OS/c22-21(26)25(16-8-2-1-3-9-16)23-14-15-24-17-10-4-6-12-19(17)27-20-13-7-5-11-18(20)24/h1-14H,15H2,(H2,22,26). The van der Waals surface area contributed by atoms with Crippen LogP contribution < -0.4 is 15.6 Å². The van der Waals surface area contributed by atoms with Crippen LogP contribution in [0.3, 0.4) is 0 Å². The molecule has 0 fully saturated rings. The van der Waals surface area contributed by atoms with Crippen LogP contribution in [-0.2, 0) is 0 Å². The van der Waals surface area contributed by atoms with E-state index >= 15 is 0 Å². The molecule has 5 nitrogen and oxygen atoms in total. The van der Waals surface area contributed by atoms with Crippen LogP contribution in [0.1, 0.15) is 0 Å². The van der Waals surface area contributed by atoms with Gasteiger partial charge in [0.05, 0.1) is 23.6 Å². The Labute approximate surface area is 162 Å². The van der Waals surface area contributed by atoms with Gasteiger partial charge in [0, 0.05) is 16.0 Å². The highest BCUT2D eigenvalue weighted by atomic mass is 32.2. The summed E-state index contributed by atoms with van der Waals surface area (Å²) in [7, 11) is 0. The first kappa shape index (κ1) is 17.2. The van der Waals surface area contributed by atoms with Crippen LogP contribution in [0.4, 0.5) is 21.9 Å². The molecule has 2 N–H and O–H groups in total. The van der Waals surface area contributed by atoms with Gasteiger partial charge >= 0.3 is 6.03 Å². The number of rotatable bonds is 4. The molecule has 0 saturated heterocycles. The van der Waals surface area contributed by atoms with E-state index in [1.807, 2.05) is 42.5 Å². The lowest BCUT2D eigenvalue weighted by Crippen LogP contribution is -2.32. The van der Waals surface area contributed by atoms with Crippen molar-refractivity contribution < 1.29 is 4.79 Å². The van der Waals surface area contributed by atoms with E-state index < -0.39 is 6.03 Å². The maximum Gasteiger partial charge on any atom is 0.339 e. The van der Waals surface area contributed by atoms with Gasteiger partial charge in [0.25, 0.3) is 0 Å². The second-order valence-corrected chi connectivity index (χ2v) is 7.02. The Hall–Kier alpha value is -3.25. The summed E-state index contributed by atoms with van der Waals surface area (Å²) in [4.78, 5) is 16.4. The van der Waals surface area contributed by atoms with Gasteiger partial charge in [0.2, 0.25) is 0 Å². The minimum Gasteiger partial charge on any atom is -0.350 e. The van der Waals surface area contributed by atoms with Crippen LogP contribution in [0.5, 0.6) is 0 Å². The zero-order valence-corrected chi connectivity index (χ0v) is 15.3. The molecule has 0 aliphatic carbocycles. The fourth-order valence-corrected chi connectivity index (χ4v) is 4.09. The van der Waals surface area contributed by atoms with Crippen LogP contribution in [0, 0.1) is 0 Å². The third-order valence-corrected chi connectivity index (χ3v) is 5.33. The number of carbonyl (C=O) groups excluding carboxylic acids is 1. The maximum atomic E-state index is 11.8. The Bertz CT molecular complexity index is 945. The van der Waals surface area contributed by atoms with Crippen molar-refractivity contribution in [2.24, 2.45) is 10.8 Å². The summed E-state index contributed by atoms with van der Waals surface area (Å²) in [5.74, 6) is 0. The third kappa shape index (κ3) is 3.52. The lowest BCUT2D eigenvalue weighted by molar-refractivity contribution is 0.254. The summed E-state index contributed by atoms with van der Waals surface area (Å²) in [6, 6.07) is 25.1. The van der Waals surface area contributed by atoms with E-state index in [1.54, 1.807) is 30.1 Å². The molecular weight excluding hydrogens is 356 g/mol. The van der Waals surface area contributed by atoms with Gasteiger partial charge in [-0.15, -0.1) is 0 Å². The first-order valence-corrected chi connectivity index (χ1v) is 9.36. The van der Waals surface area contributed by atoms with Crippen LogP contribution in [0.25, 0.3) is 0 Å². The number of anilines is 3. The smallest absolute Gasteiger partial charge is 0.339 e. The molecule has 0 saturated carbocycles. The number of amides is 2. The van der Waals surface area contributed by atoms with Crippen molar-refractivity contribution in [2.45, 2.75) is 9.79 Å². The van der Waals surface area contributed by atoms with Gasteiger partial charge in [0.15, 0.2) is 0 Å². The van der Waals surface area contributed by atoms with Crippen LogP contribution >= 0.6 is 11.8 Å². The highest BCUT2D eigenvalue weighted by Crippen LogP contribution is 2.47. The number of urea groups is 1. The van der Waals surface area contributed by atoms with E-state index in [1.165, 1.54) is 14.8 Å². The molecule has 0 atom stereocenters. The quantitative estimate of drug-likeness (QED) is 0.524. The Kier molecular flexibility index (Phi) is 4.80. The summed E-state index contributed by atoms with van der Waals surface area (Å²) < 4.78 is 0. The molecule has 134 valence electrons. The minimum absolute atomic E-state index is 0.519. The topological polar surface area (TPSA) is 61.9 Å². The number of hydrazone groups is 1.